The minimum atomic E-state index is -0.828. The van der Waals surface area contributed by atoms with E-state index in [2.05, 4.69) is 5.32 Å². The molecule has 3 nitrogen and oxygen atoms in total. The molecule has 0 radical (unpaired) electrons. The number of halogens is 2. The third-order valence-electron chi connectivity index (χ3n) is 3.10. The number of carboxylic acids is 1. The molecule has 1 aromatic rings. The van der Waals surface area contributed by atoms with Gasteiger partial charge in [0.05, 0.1) is 0 Å². The van der Waals surface area contributed by atoms with Gasteiger partial charge in [0, 0.05) is 11.4 Å². The fraction of sp³-hybridized carbons (Fsp3) is 0.417. The summed E-state index contributed by atoms with van der Waals surface area (Å²) in [6.07, 6.45) is 2.01. The molecule has 1 atom stereocenters. The summed E-state index contributed by atoms with van der Waals surface area (Å²) in [6.45, 7) is 0.761. The van der Waals surface area contributed by atoms with Gasteiger partial charge in [-0.3, -0.25) is 4.79 Å². The zero-order valence-corrected chi connectivity index (χ0v) is 10.9. The van der Waals surface area contributed by atoms with Gasteiger partial charge >= 0.3 is 5.97 Å². The second kappa shape index (κ2) is 5.71. The quantitative estimate of drug-likeness (QED) is 0.891. The molecule has 0 bridgehead atoms. The fourth-order valence-corrected chi connectivity index (χ4v) is 2.38. The summed E-state index contributed by atoms with van der Waals surface area (Å²) in [7, 11) is 0. The standard InChI is InChI=1S/C12H14ClNO2.ClH/c13-10-5-2-1-4-9(10)8-12(11(15)16)6-3-7-14-12;/h1-2,4-5,14H,3,6-8H2,(H,15,16);1H/t12-;/m1./s1. The van der Waals surface area contributed by atoms with Gasteiger partial charge in [-0.1, -0.05) is 29.8 Å². The summed E-state index contributed by atoms with van der Waals surface area (Å²) in [5.74, 6) is -0.787. The number of hydrogen-bond acceptors (Lipinski definition) is 2. The predicted octanol–water partition coefficient (Wildman–Crippen LogP) is 2.51. The van der Waals surface area contributed by atoms with Crippen LogP contribution in [0, 0.1) is 0 Å². The van der Waals surface area contributed by atoms with Gasteiger partial charge in [0.15, 0.2) is 0 Å². The maximum atomic E-state index is 11.3. The number of nitrogens with one attached hydrogen (secondary N) is 1. The molecule has 1 saturated heterocycles. The third kappa shape index (κ3) is 2.92. The topological polar surface area (TPSA) is 49.3 Å². The lowest BCUT2D eigenvalue weighted by Crippen LogP contribution is -2.49. The molecule has 0 unspecified atom stereocenters. The summed E-state index contributed by atoms with van der Waals surface area (Å²) in [5, 5.41) is 13.0. The van der Waals surface area contributed by atoms with Gasteiger partial charge in [-0.2, -0.15) is 0 Å². The molecule has 0 amide bonds. The molecule has 2 rings (SSSR count). The molecule has 17 heavy (non-hydrogen) atoms. The Balaban J connectivity index is 0.00000144. The zero-order chi connectivity index (χ0) is 11.6. The monoisotopic (exact) mass is 275 g/mol. The molecule has 1 heterocycles. The summed E-state index contributed by atoms with van der Waals surface area (Å²) < 4.78 is 0. The number of carbonyl (C=O) groups is 1. The largest absolute Gasteiger partial charge is 0.480 e. The second-order valence-electron chi connectivity index (χ2n) is 4.19. The van der Waals surface area contributed by atoms with Crippen LogP contribution >= 0.6 is 24.0 Å². The van der Waals surface area contributed by atoms with E-state index in [1.165, 1.54) is 0 Å². The molecule has 5 heteroatoms. The lowest BCUT2D eigenvalue weighted by Gasteiger charge is -2.24. The van der Waals surface area contributed by atoms with E-state index in [-0.39, 0.29) is 12.4 Å². The van der Waals surface area contributed by atoms with Crippen molar-refractivity contribution in [1.29, 1.82) is 0 Å². The van der Waals surface area contributed by atoms with E-state index in [9.17, 15) is 9.90 Å². The van der Waals surface area contributed by atoms with Gasteiger partial charge < -0.3 is 10.4 Å². The van der Waals surface area contributed by atoms with Crippen LogP contribution in [-0.2, 0) is 11.2 Å². The first kappa shape index (κ1) is 14.3. The van der Waals surface area contributed by atoms with Crippen LogP contribution in [0.3, 0.4) is 0 Å². The summed E-state index contributed by atoms with van der Waals surface area (Å²) in [6, 6.07) is 7.40. The van der Waals surface area contributed by atoms with E-state index in [0.717, 1.165) is 18.5 Å². The molecule has 0 aromatic heterocycles. The highest BCUT2D eigenvalue weighted by molar-refractivity contribution is 6.31. The highest BCUT2D eigenvalue weighted by Gasteiger charge is 2.41. The van der Waals surface area contributed by atoms with Crippen LogP contribution in [0.15, 0.2) is 24.3 Å². The zero-order valence-electron chi connectivity index (χ0n) is 9.28. The Kier molecular flexibility index (Phi) is 4.80. The van der Waals surface area contributed by atoms with Crippen molar-refractivity contribution in [2.75, 3.05) is 6.54 Å². The van der Waals surface area contributed by atoms with E-state index in [0.29, 0.717) is 17.9 Å². The summed E-state index contributed by atoms with van der Waals surface area (Å²) in [4.78, 5) is 11.3. The molecule has 1 aromatic carbocycles. The van der Waals surface area contributed by atoms with Crippen molar-refractivity contribution in [3.8, 4) is 0 Å². The molecule has 0 aliphatic carbocycles. The summed E-state index contributed by atoms with van der Waals surface area (Å²) in [5.41, 5.74) is 0.0614. The van der Waals surface area contributed by atoms with Crippen LogP contribution in [0.25, 0.3) is 0 Å². The Hall–Kier alpha value is -0.770. The van der Waals surface area contributed by atoms with Crippen molar-refractivity contribution in [2.45, 2.75) is 24.8 Å². The highest BCUT2D eigenvalue weighted by Crippen LogP contribution is 2.27. The lowest BCUT2D eigenvalue weighted by atomic mass is 9.89. The van der Waals surface area contributed by atoms with E-state index in [1.807, 2.05) is 18.2 Å². The molecular formula is C12H15Cl2NO2. The summed E-state index contributed by atoms with van der Waals surface area (Å²) >= 11 is 6.05. The number of rotatable bonds is 3. The molecule has 0 saturated carbocycles. The number of aliphatic carboxylic acids is 1. The minimum Gasteiger partial charge on any atom is -0.480 e. The van der Waals surface area contributed by atoms with Gasteiger partial charge in [0.2, 0.25) is 0 Å². The van der Waals surface area contributed by atoms with Gasteiger partial charge in [-0.25, -0.2) is 0 Å². The van der Waals surface area contributed by atoms with Crippen LogP contribution in [-0.4, -0.2) is 23.2 Å². The molecule has 2 N–H and O–H groups in total. The molecule has 1 fully saturated rings. The Morgan fingerprint density at radius 2 is 2.18 bits per heavy atom. The van der Waals surface area contributed by atoms with E-state index in [4.69, 9.17) is 11.6 Å². The Bertz CT molecular complexity index is 403. The number of hydrogen-bond donors (Lipinski definition) is 2. The van der Waals surface area contributed by atoms with Gasteiger partial charge in [-0.15, -0.1) is 12.4 Å². The normalized spacial score (nSPS) is 23.1. The Morgan fingerprint density at radius 3 is 2.71 bits per heavy atom. The molecule has 1 aliphatic rings. The van der Waals surface area contributed by atoms with Crippen molar-refractivity contribution in [3.05, 3.63) is 34.9 Å². The molecule has 1 aliphatic heterocycles. The first-order valence-electron chi connectivity index (χ1n) is 5.36. The van der Waals surface area contributed by atoms with Crippen molar-refractivity contribution < 1.29 is 9.90 Å². The van der Waals surface area contributed by atoms with E-state index < -0.39 is 11.5 Å². The SMILES string of the molecule is Cl.O=C(O)[C@]1(Cc2ccccc2Cl)CCCN1. The molecule has 0 spiro atoms. The van der Waals surface area contributed by atoms with Crippen LogP contribution in [0.2, 0.25) is 5.02 Å². The second-order valence-corrected chi connectivity index (χ2v) is 4.59. The van der Waals surface area contributed by atoms with Gasteiger partial charge in [0.25, 0.3) is 0 Å². The van der Waals surface area contributed by atoms with Crippen molar-refractivity contribution in [1.82, 2.24) is 5.32 Å². The van der Waals surface area contributed by atoms with Crippen LogP contribution in [0.5, 0.6) is 0 Å². The van der Waals surface area contributed by atoms with E-state index >= 15 is 0 Å². The fourth-order valence-electron chi connectivity index (χ4n) is 2.18. The maximum absolute atomic E-state index is 11.3. The number of benzene rings is 1. The minimum absolute atomic E-state index is 0. The Morgan fingerprint density at radius 1 is 1.47 bits per heavy atom. The van der Waals surface area contributed by atoms with Crippen LogP contribution < -0.4 is 5.32 Å². The first-order chi connectivity index (χ1) is 7.64. The highest BCUT2D eigenvalue weighted by atomic mass is 35.5. The van der Waals surface area contributed by atoms with Crippen LogP contribution in [0.1, 0.15) is 18.4 Å². The third-order valence-corrected chi connectivity index (χ3v) is 3.47. The molecule has 94 valence electrons. The number of carboxylic acid groups (broad SMARTS) is 1. The van der Waals surface area contributed by atoms with Crippen molar-refractivity contribution in [2.24, 2.45) is 0 Å². The van der Waals surface area contributed by atoms with Gasteiger partial charge in [0.1, 0.15) is 5.54 Å². The Labute approximate surface area is 112 Å². The van der Waals surface area contributed by atoms with Crippen molar-refractivity contribution in [3.63, 3.8) is 0 Å². The average molecular weight is 276 g/mol. The lowest BCUT2D eigenvalue weighted by molar-refractivity contribution is -0.144. The van der Waals surface area contributed by atoms with Crippen molar-refractivity contribution >= 4 is 30.0 Å². The first-order valence-corrected chi connectivity index (χ1v) is 5.74. The van der Waals surface area contributed by atoms with E-state index in [1.54, 1.807) is 6.07 Å². The molecular weight excluding hydrogens is 261 g/mol. The maximum Gasteiger partial charge on any atom is 0.324 e. The van der Waals surface area contributed by atoms with Crippen LogP contribution in [0.4, 0.5) is 0 Å². The predicted molar refractivity (Wildman–Crippen MR) is 70.0 cm³/mol. The average Bonchev–Trinajstić information content (AvgIpc) is 2.71. The smallest absolute Gasteiger partial charge is 0.324 e. The van der Waals surface area contributed by atoms with Gasteiger partial charge in [-0.05, 0) is 31.0 Å².